The molecule has 1 aromatic heterocycles. The van der Waals surface area contributed by atoms with Crippen molar-refractivity contribution in [2.45, 2.75) is 6.92 Å². The fourth-order valence-electron chi connectivity index (χ4n) is 0.915. The molecular formula is C10H11NO2. The Hall–Kier alpha value is -1.64. The van der Waals surface area contributed by atoms with Gasteiger partial charge in [0.25, 0.3) is 0 Å². The highest BCUT2D eigenvalue weighted by Crippen LogP contribution is 2.10. The van der Waals surface area contributed by atoms with Crippen LogP contribution in [-0.4, -0.2) is 18.1 Å². The Labute approximate surface area is 77.1 Å². The van der Waals surface area contributed by atoms with Crippen LogP contribution in [0.15, 0.2) is 30.6 Å². The second kappa shape index (κ2) is 4.40. The molecule has 0 N–H and O–H groups in total. The highest BCUT2D eigenvalue weighted by Gasteiger charge is 1.98. The van der Waals surface area contributed by atoms with Crippen LogP contribution in [0.25, 0.3) is 5.57 Å². The number of esters is 1. The van der Waals surface area contributed by atoms with Crippen molar-refractivity contribution in [2.75, 3.05) is 7.11 Å². The zero-order valence-corrected chi connectivity index (χ0v) is 7.65. The average Bonchev–Trinajstić information content (AvgIpc) is 2.19. The van der Waals surface area contributed by atoms with Gasteiger partial charge < -0.3 is 4.74 Å². The van der Waals surface area contributed by atoms with Gasteiger partial charge in [0.15, 0.2) is 0 Å². The maximum atomic E-state index is 10.9. The number of aromatic nitrogens is 1. The number of allylic oxidation sites excluding steroid dienone is 1. The van der Waals surface area contributed by atoms with Crippen molar-refractivity contribution in [3.8, 4) is 0 Å². The van der Waals surface area contributed by atoms with Crippen LogP contribution in [0.4, 0.5) is 0 Å². The number of carbonyl (C=O) groups is 1. The van der Waals surface area contributed by atoms with E-state index >= 15 is 0 Å². The molecule has 0 saturated carbocycles. The molecule has 0 unspecified atom stereocenters. The SMILES string of the molecule is COC(=O)C=C(C)c1cccnc1. The Morgan fingerprint density at radius 1 is 1.62 bits per heavy atom. The minimum absolute atomic E-state index is 0.346. The summed E-state index contributed by atoms with van der Waals surface area (Å²) in [5, 5.41) is 0. The van der Waals surface area contributed by atoms with Crippen LogP contribution >= 0.6 is 0 Å². The van der Waals surface area contributed by atoms with Gasteiger partial charge in [0.2, 0.25) is 0 Å². The van der Waals surface area contributed by atoms with Crippen molar-refractivity contribution in [2.24, 2.45) is 0 Å². The Kier molecular flexibility index (Phi) is 3.20. The fourth-order valence-corrected chi connectivity index (χ4v) is 0.915. The van der Waals surface area contributed by atoms with Gasteiger partial charge in [0.05, 0.1) is 7.11 Å². The van der Waals surface area contributed by atoms with E-state index in [4.69, 9.17) is 0 Å². The number of hydrogen-bond donors (Lipinski definition) is 0. The Balaban J connectivity index is 2.85. The summed E-state index contributed by atoms with van der Waals surface area (Å²) in [5.74, 6) is -0.346. The molecule has 0 spiro atoms. The molecule has 3 heteroatoms. The summed E-state index contributed by atoms with van der Waals surface area (Å²) in [6.07, 6.45) is 4.83. The first kappa shape index (κ1) is 9.45. The van der Waals surface area contributed by atoms with Crippen LogP contribution in [0.2, 0.25) is 0 Å². The molecule has 0 saturated heterocycles. The molecule has 1 heterocycles. The summed E-state index contributed by atoms with van der Waals surface area (Å²) in [4.78, 5) is 14.8. The van der Waals surface area contributed by atoms with E-state index in [9.17, 15) is 4.79 Å². The molecule has 0 aliphatic rings. The maximum Gasteiger partial charge on any atom is 0.330 e. The molecule has 0 aliphatic carbocycles. The maximum absolute atomic E-state index is 10.9. The number of carbonyl (C=O) groups excluding carboxylic acids is 1. The number of methoxy groups -OCH3 is 1. The highest BCUT2D eigenvalue weighted by molar-refractivity contribution is 5.90. The summed E-state index contributed by atoms with van der Waals surface area (Å²) in [6.45, 7) is 1.84. The standard InChI is InChI=1S/C10H11NO2/c1-8(6-10(12)13-2)9-4-3-5-11-7-9/h3-7H,1-2H3. The first-order chi connectivity index (χ1) is 6.24. The zero-order valence-electron chi connectivity index (χ0n) is 7.65. The van der Waals surface area contributed by atoms with E-state index in [1.165, 1.54) is 13.2 Å². The number of nitrogens with zero attached hydrogens (tertiary/aromatic N) is 1. The van der Waals surface area contributed by atoms with Crippen LogP contribution in [0.3, 0.4) is 0 Å². The summed E-state index contributed by atoms with van der Waals surface area (Å²) in [7, 11) is 1.36. The Morgan fingerprint density at radius 2 is 2.38 bits per heavy atom. The molecule has 0 atom stereocenters. The third kappa shape index (κ3) is 2.71. The molecule has 1 rings (SSSR count). The van der Waals surface area contributed by atoms with Gasteiger partial charge in [-0.3, -0.25) is 4.98 Å². The second-order valence-corrected chi connectivity index (χ2v) is 2.59. The van der Waals surface area contributed by atoms with E-state index in [0.29, 0.717) is 0 Å². The molecule has 3 nitrogen and oxygen atoms in total. The molecule has 0 aromatic carbocycles. The van der Waals surface area contributed by atoms with Crippen molar-refractivity contribution in [1.82, 2.24) is 4.98 Å². The minimum Gasteiger partial charge on any atom is -0.466 e. The van der Waals surface area contributed by atoms with Crippen LogP contribution in [0, 0.1) is 0 Å². The van der Waals surface area contributed by atoms with Crippen molar-refractivity contribution in [1.29, 1.82) is 0 Å². The topological polar surface area (TPSA) is 39.2 Å². The summed E-state index contributed by atoms with van der Waals surface area (Å²) >= 11 is 0. The van der Waals surface area contributed by atoms with Crippen molar-refractivity contribution >= 4 is 11.5 Å². The van der Waals surface area contributed by atoms with E-state index in [2.05, 4.69) is 9.72 Å². The van der Waals surface area contributed by atoms with Gasteiger partial charge >= 0.3 is 5.97 Å². The second-order valence-electron chi connectivity index (χ2n) is 2.59. The predicted molar refractivity (Wildman–Crippen MR) is 49.9 cm³/mol. The number of rotatable bonds is 2. The first-order valence-corrected chi connectivity index (χ1v) is 3.90. The van der Waals surface area contributed by atoms with Crippen LogP contribution in [0.1, 0.15) is 12.5 Å². The molecular weight excluding hydrogens is 166 g/mol. The van der Waals surface area contributed by atoms with Crippen LogP contribution < -0.4 is 0 Å². The van der Waals surface area contributed by atoms with Gasteiger partial charge in [-0.25, -0.2) is 4.79 Å². The Bertz CT molecular complexity index is 317. The van der Waals surface area contributed by atoms with E-state index < -0.39 is 0 Å². The largest absolute Gasteiger partial charge is 0.466 e. The quantitative estimate of drug-likeness (QED) is 0.509. The van der Waals surface area contributed by atoms with Crippen molar-refractivity contribution in [3.05, 3.63) is 36.2 Å². The molecule has 0 radical (unpaired) electrons. The van der Waals surface area contributed by atoms with Crippen molar-refractivity contribution in [3.63, 3.8) is 0 Å². The van der Waals surface area contributed by atoms with Crippen LogP contribution in [0.5, 0.6) is 0 Å². The number of pyridine rings is 1. The third-order valence-corrected chi connectivity index (χ3v) is 1.65. The van der Waals surface area contributed by atoms with Gasteiger partial charge in [-0.2, -0.15) is 0 Å². The number of ether oxygens (including phenoxy) is 1. The van der Waals surface area contributed by atoms with E-state index in [1.54, 1.807) is 12.4 Å². The molecule has 0 aliphatic heterocycles. The normalized spacial score (nSPS) is 11.1. The monoisotopic (exact) mass is 177 g/mol. The van der Waals surface area contributed by atoms with Gasteiger partial charge in [0, 0.05) is 18.5 Å². The molecule has 13 heavy (non-hydrogen) atoms. The third-order valence-electron chi connectivity index (χ3n) is 1.65. The lowest BCUT2D eigenvalue weighted by molar-refractivity contribution is -0.134. The fraction of sp³-hybridized carbons (Fsp3) is 0.200. The van der Waals surface area contributed by atoms with E-state index in [-0.39, 0.29) is 5.97 Å². The smallest absolute Gasteiger partial charge is 0.330 e. The lowest BCUT2D eigenvalue weighted by atomic mass is 10.1. The number of hydrogen-bond acceptors (Lipinski definition) is 3. The molecule has 0 fully saturated rings. The van der Waals surface area contributed by atoms with Gasteiger partial charge in [0.1, 0.15) is 0 Å². The molecule has 68 valence electrons. The lowest BCUT2D eigenvalue weighted by Crippen LogP contribution is -1.95. The zero-order chi connectivity index (χ0) is 9.68. The Morgan fingerprint density at radius 3 is 2.92 bits per heavy atom. The van der Waals surface area contributed by atoms with Crippen molar-refractivity contribution < 1.29 is 9.53 Å². The average molecular weight is 177 g/mol. The first-order valence-electron chi connectivity index (χ1n) is 3.90. The highest BCUT2D eigenvalue weighted by atomic mass is 16.5. The minimum atomic E-state index is -0.346. The van der Waals surface area contributed by atoms with Crippen LogP contribution in [-0.2, 0) is 9.53 Å². The van der Waals surface area contributed by atoms with E-state index in [1.807, 2.05) is 19.1 Å². The van der Waals surface area contributed by atoms with Gasteiger partial charge in [-0.05, 0) is 24.1 Å². The lowest BCUT2D eigenvalue weighted by Gasteiger charge is -1.98. The predicted octanol–water partition coefficient (Wildman–Crippen LogP) is 1.66. The molecule has 1 aromatic rings. The summed E-state index contributed by atoms with van der Waals surface area (Å²) in [5.41, 5.74) is 1.77. The van der Waals surface area contributed by atoms with E-state index in [0.717, 1.165) is 11.1 Å². The van der Waals surface area contributed by atoms with Gasteiger partial charge in [-0.1, -0.05) is 6.07 Å². The molecule has 0 amide bonds. The summed E-state index contributed by atoms with van der Waals surface area (Å²) < 4.78 is 4.51. The van der Waals surface area contributed by atoms with Gasteiger partial charge in [-0.15, -0.1) is 0 Å². The summed E-state index contributed by atoms with van der Waals surface area (Å²) in [6, 6.07) is 3.71. The molecule has 0 bridgehead atoms.